The van der Waals surface area contributed by atoms with Crippen molar-refractivity contribution in [3.05, 3.63) is 36.3 Å². The number of hydrogen-bond acceptors (Lipinski definition) is 5. The van der Waals surface area contributed by atoms with E-state index < -0.39 is 0 Å². The van der Waals surface area contributed by atoms with Gasteiger partial charge in [-0.05, 0) is 31.9 Å². The van der Waals surface area contributed by atoms with Crippen molar-refractivity contribution in [3.63, 3.8) is 0 Å². The molecule has 0 radical (unpaired) electrons. The fraction of sp³-hybridized carbons (Fsp3) is 0.438. The summed E-state index contributed by atoms with van der Waals surface area (Å²) in [6.45, 7) is 3.99. The predicted molar refractivity (Wildman–Crippen MR) is 80.3 cm³/mol. The minimum Gasteiger partial charge on any atom is -0.377 e. The van der Waals surface area contributed by atoms with Crippen LogP contribution in [0, 0.1) is 0 Å². The number of rotatable bonds is 4. The second-order valence-corrected chi connectivity index (χ2v) is 5.29. The molecule has 1 amide bonds. The number of hydrogen-bond donors (Lipinski definition) is 0. The third-order valence-corrected chi connectivity index (χ3v) is 3.74. The SMILES string of the molecule is CCOC1CCCN(C(=O)c2cc(-c3cccnc3)on2)C1. The monoisotopic (exact) mass is 301 g/mol. The zero-order valence-corrected chi connectivity index (χ0v) is 12.6. The van der Waals surface area contributed by atoms with Crippen LogP contribution in [0.2, 0.25) is 0 Å². The Morgan fingerprint density at radius 2 is 2.45 bits per heavy atom. The van der Waals surface area contributed by atoms with E-state index in [-0.39, 0.29) is 12.0 Å². The summed E-state index contributed by atoms with van der Waals surface area (Å²) in [7, 11) is 0. The van der Waals surface area contributed by atoms with Crippen LogP contribution >= 0.6 is 0 Å². The lowest BCUT2D eigenvalue weighted by atomic mass is 10.1. The van der Waals surface area contributed by atoms with Crippen LogP contribution in [0.15, 0.2) is 35.1 Å². The van der Waals surface area contributed by atoms with Gasteiger partial charge < -0.3 is 14.2 Å². The van der Waals surface area contributed by atoms with Gasteiger partial charge in [-0.25, -0.2) is 0 Å². The number of aromatic nitrogens is 2. The summed E-state index contributed by atoms with van der Waals surface area (Å²) in [5, 5.41) is 3.90. The van der Waals surface area contributed by atoms with Crippen molar-refractivity contribution < 1.29 is 14.1 Å². The second kappa shape index (κ2) is 6.70. The number of piperidine rings is 1. The number of nitrogens with zero attached hydrogens (tertiary/aromatic N) is 3. The Morgan fingerprint density at radius 3 is 3.23 bits per heavy atom. The topological polar surface area (TPSA) is 68.5 Å². The van der Waals surface area contributed by atoms with Crippen LogP contribution in [0.3, 0.4) is 0 Å². The van der Waals surface area contributed by atoms with E-state index in [9.17, 15) is 4.79 Å². The van der Waals surface area contributed by atoms with Crippen LogP contribution in [0.4, 0.5) is 0 Å². The minimum atomic E-state index is -0.108. The number of carbonyl (C=O) groups excluding carboxylic acids is 1. The fourth-order valence-corrected chi connectivity index (χ4v) is 2.68. The highest BCUT2D eigenvalue weighted by atomic mass is 16.5. The summed E-state index contributed by atoms with van der Waals surface area (Å²) in [5.41, 5.74) is 1.14. The van der Waals surface area contributed by atoms with Gasteiger partial charge in [0.2, 0.25) is 0 Å². The number of likely N-dealkylation sites (tertiary alicyclic amines) is 1. The Balaban J connectivity index is 1.71. The summed E-state index contributed by atoms with van der Waals surface area (Å²) in [6, 6.07) is 5.36. The molecule has 0 aromatic carbocycles. The highest BCUT2D eigenvalue weighted by Gasteiger charge is 2.26. The molecular formula is C16H19N3O3. The van der Waals surface area contributed by atoms with Gasteiger partial charge in [-0.2, -0.15) is 0 Å². The number of amides is 1. The molecule has 3 rings (SSSR count). The molecule has 0 saturated carbocycles. The van der Waals surface area contributed by atoms with Gasteiger partial charge in [-0.3, -0.25) is 9.78 Å². The molecule has 1 fully saturated rings. The maximum atomic E-state index is 12.5. The predicted octanol–water partition coefficient (Wildman–Crippen LogP) is 2.38. The first kappa shape index (κ1) is 14.7. The Kier molecular flexibility index (Phi) is 4.48. The van der Waals surface area contributed by atoms with E-state index >= 15 is 0 Å². The van der Waals surface area contributed by atoms with Gasteiger partial charge in [0.25, 0.3) is 5.91 Å². The molecular weight excluding hydrogens is 282 g/mol. The Labute approximate surface area is 129 Å². The van der Waals surface area contributed by atoms with Gasteiger partial charge in [-0.1, -0.05) is 5.16 Å². The lowest BCUT2D eigenvalue weighted by Gasteiger charge is -2.31. The molecule has 0 aliphatic carbocycles. The van der Waals surface area contributed by atoms with Gasteiger partial charge in [0.15, 0.2) is 11.5 Å². The van der Waals surface area contributed by atoms with Gasteiger partial charge in [0, 0.05) is 43.7 Å². The molecule has 1 atom stereocenters. The molecule has 6 heteroatoms. The zero-order chi connectivity index (χ0) is 15.4. The van der Waals surface area contributed by atoms with Gasteiger partial charge in [0.05, 0.1) is 6.10 Å². The molecule has 22 heavy (non-hydrogen) atoms. The Morgan fingerprint density at radius 1 is 1.55 bits per heavy atom. The quantitative estimate of drug-likeness (QED) is 0.867. The highest BCUT2D eigenvalue weighted by molar-refractivity contribution is 5.93. The molecule has 116 valence electrons. The van der Waals surface area contributed by atoms with E-state index in [1.165, 1.54) is 0 Å². The Hall–Kier alpha value is -2.21. The minimum absolute atomic E-state index is 0.108. The van der Waals surface area contributed by atoms with E-state index in [0.717, 1.165) is 24.9 Å². The maximum Gasteiger partial charge on any atom is 0.276 e. The van der Waals surface area contributed by atoms with Crippen molar-refractivity contribution in [3.8, 4) is 11.3 Å². The summed E-state index contributed by atoms with van der Waals surface area (Å²) in [6.07, 6.45) is 5.43. The van der Waals surface area contributed by atoms with Crippen LogP contribution in [0.5, 0.6) is 0 Å². The number of ether oxygens (including phenoxy) is 1. The third kappa shape index (κ3) is 3.17. The smallest absolute Gasteiger partial charge is 0.276 e. The lowest BCUT2D eigenvalue weighted by molar-refractivity contribution is 0.00689. The summed E-state index contributed by atoms with van der Waals surface area (Å²) in [5.74, 6) is 0.443. The first-order valence-corrected chi connectivity index (χ1v) is 7.56. The molecule has 1 unspecified atom stereocenters. The van der Waals surface area contributed by atoms with Crippen molar-refractivity contribution in [2.24, 2.45) is 0 Å². The van der Waals surface area contributed by atoms with Gasteiger partial charge >= 0.3 is 0 Å². The van der Waals surface area contributed by atoms with E-state index in [2.05, 4.69) is 10.1 Å². The van der Waals surface area contributed by atoms with E-state index in [0.29, 0.717) is 24.6 Å². The van der Waals surface area contributed by atoms with Crippen molar-refractivity contribution in [1.29, 1.82) is 0 Å². The zero-order valence-electron chi connectivity index (χ0n) is 12.6. The summed E-state index contributed by atoms with van der Waals surface area (Å²) < 4.78 is 10.9. The van der Waals surface area contributed by atoms with Crippen LogP contribution < -0.4 is 0 Å². The number of pyridine rings is 1. The molecule has 1 aliphatic rings. The van der Waals surface area contributed by atoms with Crippen LogP contribution in [-0.4, -0.2) is 46.7 Å². The van der Waals surface area contributed by atoms with Crippen molar-refractivity contribution in [1.82, 2.24) is 15.0 Å². The van der Waals surface area contributed by atoms with E-state index in [1.54, 1.807) is 23.4 Å². The number of carbonyl (C=O) groups is 1. The summed E-state index contributed by atoms with van der Waals surface area (Å²) in [4.78, 5) is 18.3. The second-order valence-electron chi connectivity index (χ2n) is 5.29. The standard InChI is InChI=1S/C16H19N3O3/c1-2-21-13-6-4-8-19(11-13)16(20)14-9-15(22-18-14)12-5-3-7-17-10-12/h3,5,7,9-10,13H,2,4,6,8,11H2,1H3. The molecule has 2 aromatic heterocycles. The van der Waals surface area contributed by atoms with Gasteiger partial charge in [-0.15, -0.1) is 0 Å². The summed E-state index contributed by atoms with van der Waals surface area (Å²) >= 11 is 0. The van der Waals surface area contributed by atoms with Crippen LogP contribution in [0.25, 0.3) is 11.3 Å². The van der Waals surface area contributed by atoms with Crippen molar-refractivity contribution >= 4 is 5.91 Å². The fourth-order valence-electron chi connectivity index (χ4n) is 2.68. The molecule has 0 N–H and O–H groups in total. The first-order chi connectivity index (χ1) is 10.8. The van der Waals surface area contributed by atoms with Crippen LogP contribution in [-0.2, 0) is 4.74 Å². The molecule has 1 aliphatic heterocycles. The average Bonchev–Trinajstić information content (AvgIpc) is 3.05. The highest BCUT2D eigenvalue weighted by Crippen LogP contribution is 2.21. The van der Waals surface area contributed by atoms with Crippen LogP contribution in [0.1, 0.15) is 30.3 Å². The lowest BCUT2D eigenvalue weighted by Crippen LogP contribution is -2.43. The maximum absolute atomic E-state index is 12.5. The molecule has 2 aromatic rings. The van der Waals surface area contributed by atoms with E-state index in [4.69, 9.17) is 9.26 Å². The first-order valence-electron chi connectivity index (χ1n) is 7.56. The molecule has 1 saturated heterocycles. The largest absolute Gasteiger partial charge is 0.377 e. The Bertz CT molecular complexity index is 625. The average molecular weight is 301 g/mol. The third-order valence-electron chi connectivity index (χ3n) is 3.74. The van der Waals surface area contributed by atoms with Crippen molar-refractivity contribution in [2.75, 3.05) is 19.7 Å². The molecule has 0 spiro atoms. The molecule has 6 nitrogen and oxygen atoms in total. The molecule has 0 bridgehead atoms. The normalized spacial score (nSPS) is 18.4. The van der Waals surface area contributed by atoms with Gasteiger partial charge in [0.1, 0.15) is 0 Å². The van der Waals surface area contributed by atoms with Crippen molar-refractivity contribution in [2.45, 2.75) is 25.9 Å². The molecule has 3 heterocycles. The van der Waals surface area contributed by atoms with E-state index in [1.807, 2.05) is 19.1 Å².